The number of amides is 1. The second kappa shape index (κ2) is 7.67. The second-order valence-electron chi connectivity index (χ2n) is 7.40. The zero-order chi connectivity index (χ0) is 18.6. The Hall–Kier alpha value is -2.38. The molecule has 25 heavy (non-hydrogen) atoms. The first-order valence-electron chi connectivity index (χ1n) is 8.48. The van der Waals surface area contributed by atoms with E-state index in [1.54, 1.807) is 13.0 Å². The molecule has 1 amide bonds. The van der Waals surface area contributed by atoms with Crippen LogP contribution in [0.5, 0.6) is 0 Å². The Kier molecular flexibility index (Phi) is 5.81. The predicted octanol–water partition coefficient (Wildman–Crippen LogP) is 3.04. The number of aryl methyl sites for hydroxylation is 1. The van der Waals surface area contributed by atoms with E-state index in [0.29, 0.717) is 18.0 Å². The van der Waals surface area contributed by atoms with Gasteiger partial charge in [-0.3, -0.25) is 10.1 Å². The lowest BCUT2D eigenvalue weighted by Crippen LogP contribution is -2.40. The number of nitrogens with one attached hydrogen (secondary N) is 1. The Morgan fingerprint density at radius 1 is 1.44 bits per heavy atom. The maximum atomic E-state index is 11.7. The van der Waals surface area contributed by atoms with Crippen molar-refractivity contribution in [1.29, 1.82) is 0 Å². The Morgan fingerprint density at radius 2 is 2.08 bits per heavy atom. The van der Waals surface area contributed by atoms with Gasteiger partial charge in [-0.25, -0.2) is 9.78 Å². The molecular formula is C17H26N4O4. The number of nitro groups is 1. The van der Waals surface area contributed by atoms with E-state index in [0.717, 1.165) is 31.7 Å². The number of nitrogens with zero attached hydrogens (tertiary/aromatic N) is 3. The van der Waals surface area contributed by atoms with Crippen LogP contribution in [0.15, 0.2) is 12.3 Å². The Labute approximate surface area is 147 Å². The van der Waals surface area contributed by atoms with Crippen LogP contribution in [0.1, 0.15) is 39.2 Å². The fraction of sp³-hybridized carbons (Fsp3) is 0.647. The quantitative estimate of drug-likeness (QED) is 0.662. The molecule has 0 aliphatic carbocycles. The van der Waals surface area contributed by atoms with Crippen molar-refractivity contribution in [1.82, 2.24) is 10.3 Å². The Balaban J connectivity index is 1.82. The van der Waals surface area contributed by atoms with Crippen molar-refractivity contribution in [3.8, 4) is 0 Å². The third kappa shape index (κ3) is 5.58. The third-order valence-electron chi connectivity index (χ3n) is 4.14. The van der Waals surface area contributed by atoms with Crippen molar-refractivity contribution in [3.63, 3.8) is 0 Å². The molecule has 1 aliphatic heterocycles. The first-order valence-corrected chi connectivity index (χ1v) is 8.48. The average molecular weight is 350 g/mol. The standard InChI is InChI=1S/C17H26N4O4/c1-12-9-15(18-11-14(12)21(23)24)20-7-5-13(6-8-20)10-19-16(22)25-17(2,3)4/h9,11,13H,5-8,10H2,1-4H3,(H,19,22). The van der Waals surface area contributed by atoms with E-state index in [2.05, 4.69) is 15.2 Å². The molecule has 0 spiro atoms. The lowest BCUT2D eigenvalue weighted by atomic mass is 9.97. The number of hydrogen-bond acceptors (Lipinski definition) is 6. The molecule has 2 heterocycles. The van der Waals surface area contributed by atoms with Crippen LogP contribution in [-0.2, 0) is 4.74 Å². The summed E-state index contributed by atoms with van der Waals surface area (Å²) in [6.45, 7) is 9.45. The number of carbonyl (C=O) groups excluding carboxylic acids is 1. The molecule has 1 fully saturated rings. The molecule has 0 aromatic carbocycles. The zero-order valence-electron chi connectivity index (χ0n) is 15.2. The summed E-state index contributed by atoms with van der Waals surface area (Å²) in [6, 6.07) is 1.76. The molecular weight excluding hydrogens is 324 g/mol. The van der Waals surface area contributed by atoms with Crippen LogP contribution in [0, 0.1) is 23.0 Å². The zero-order valence-corrected chi connectivity index (χ0v) is 15.2. The number of pyridine rings is 1. The van der Waals surface area contributed by atoms with E-state index < -0.39 is 10.5 Å². The van der Waals surface area contributed by atoms with Crippen LogP contribution in [0.2, 0.25) is 0 Å². The highest BCUT2D eigenvalue weighted by Crippen LogP contribution is 2.25. The van der Waals surface area contributed by atoms with Gasteiger partial charge in [0.25, 0.3) is 5.69 Å². The number of aromatic nitrogens is 1. The van der Waals surface area contributed by atoms with Crippen LogP contribution in [0.4, 0.5) is 16.3 Å². The van der Waals surface area contributed by atoms with Crippen LogP contribution in [0.3, 0.4) is 0 Å². The minimum Gasteiger partial charge on any atom is -0.444 e. The fourth-order valence-corrected chi connectivity index (χ4v) is 2.81. The van der Waals surface area contributed by atoms with Crippen LogP contribution >= 0.6 is 0 Å². The summed E-state index contributed by atoms with van der Waals surface area (Å²) in [5.41, 5.74) is 0.163. The number of ether oxygens (including phenoxy) is 1. The highest BCUT2D eigenvalue weighted by atomic mass is 16.6. The maximum Gasteiger partial charge on any atom is 0.407 e. The topological polar surface area (TPSA) is 97.6 Å². The molecule has 1 saturated heterocycles. The van der Waals surface area contributed by atoms with Gasteiger partial charge in [0.2, 0.25) is 0 Å². The smallest absolute Gasteiger partial charge is 0.407 e. The van der Waals surface area contributed by atoms with Crippen molar-refractivity contribution < 1.29 is 14.5 Å². The molecule has 1 aromatic rings. The number of anilines is 1. The van der Waals surface area contributed by atoms with Gasteiger partial charge in [0, 0.05) is 25.2 Å². The number of carbonyl (C=O) groups is 1. The van der Waals surface area contributed by atoms with Crippen molar-refractivity contribution in [2.24, 2.45) is 5.92 Å². The van der Waals surface area contributed by atoms with Gasteiger partial charge < -0.3 is 15.0 Å². The highest BCUT2D eigenvalue weighted by Gasteiger charge is 2.23. The number of piperidine rings is 1. The first-order chi connectivity index (χ1) is 11.7. The minimum absolute atomic E-state index is 0.0418. The molecule has 0 radical (unpaired) electrons. The summed E-state index contributed by atoms with van der Waals surface area (Å²) in [5.74, 6) is 1.16. The van der Waals surface area contributed by atoms with Crippen molar-refractivity contribution in [2.45, 2.75) is 46.1 Å². The summed E-state index contributed by atoms with van der Waals surface area (Å²) in [5, 5.41) is 13.7. The molecule has 0 atom stereocenters. The Bertz CT molecular complexity index is 634. The summed E-state index contributed by atoms with van der Waals surface area (Å²) in [4.78, 5) is 28.5. The molecule has 138 valence electrons. The monoisotopic (exact) mass is 350 g/mol. The molecule has 2 rings (SSSR count). The second-order valence-corrected chi connectivity index (χ2v) is 7.40. The highest BCUT2D eigenvalue weighted by molar-refractivity contribution is 5.67. The molecule has 0 saturated carbocycles. The predicted molar refractivity (Wildman–Crippen MR) is 94.8 cm³/mol. The lowest BCUT2D eigenvalue weighted by molar-refractivity contribution is -0.385. The van der Waals surface area contributed by atoms with Gasteiger partial charge in [0.1, 0.15) is 17.6 Å². The number of alkyl carbamates (subject to hydrolysis) is 1. The third-order valence-corrected chi connectivity index (χ3v) is 4.14. The minimum atomic E-state index is -0.493. The van der Waals surface area contributed by atoms with Crippen molar-refractivity contribution >= 4 is 17.6 Å². The van der Waals surface area contributed by atoms with Gasteiger partial charge in [-0.05, 0) is 52.5 Å². The molecule has 1 N–H and O–H groups in total. The summed E-state index contributed by atoms with van der Waals surface area (Å²) >= 11 is 0. The molecule has 1 aliphatic rings. The van der Waals surface area contributed by atoms with Gasteiger partial charge in [-0.15, -0.1) is 0 Å². The molecule has 0 unspecified atom stereocenters. The summed E-state index contributed by atoms with van der Waals surface area (Å²) in [6.07, 6.45) is 2.78. The van der Waals surface area contributed by atoms with Crippen molar-refractivity contribution in [3.05, 3.63) is 27.9 Å². The van der Waals surface area contributed by atoms with Crippen LogP contribution in [-0.4, -0.2) is 41.2 Å². The van der Waals surface area contributed by atoms with Gasteiger partial charge in [0.15, 0.2) is 0 Å². The van der Waals surface area contributed by atoms with E-state index in [-0.39, 0.29) is 11.8 Å². The summed E-state index contributed by atoms with van der Waals surface area (Å²) in [7, 11) is 0. The fourth-order valence-electron chi connectivity index (χ4n) is 2.81. The Morgan fingerprint density at radius 3 is 2.60 bits per heavy atom. The van der Waals surface area contributed by atoms with Gasteiger partial charge in [-0.1, -0.05) is 0 Å². The van der Waals surface area contributed by atoms with Gasteiger partial charge >= 0.3 is 6.09 Å². The van der Waals surface area contributed by atoms with E-state index in [4.69, 9.17) is 4.74 Å². The average Bonchev–Trinajstić information content (AvgIpc) is 2.51. The van der Waals surface area contributed by atoms with E-state index >= 15 is 0 Å². The molecule has 1 aromatic heterocycles. The molecule has 0 bridgehead atoms. The van der Waals surface area contributed by atoms with Crippen LogP contribution in [0.25, 0.3) is 0 Å². The van der Waals surface area contributed by atoms with E-state index in [9.17, 15) is 14.9 Å². The number of hydrogen-bond donors (Lipinski definition) is 1. The molecule has 8 nitrogen and oxygen atoms in total. The summed E-state index contributed by atoms with van der Waals surface area (Å²) < 4.78 is 5.24. The largest absolute Gasteiger partial charge is 0.444 e. The normalized spacial score (nSPS) is 15.8. The SMILES string of the molecule is Cc1cc(N2CCC(CNC(=O)OC(C)(C)C)CC2)ncc1[N+](=O)[O-]. The van der Waals surface area contributed by atoms with Crippen LogP contribution < -0.4 is 10.2 Å². The van der Waals surface area contributed by atoms with E-state index in [1.165, 1.54) is 6.20 Å². The first kappa shape index (κ1) is 19.0. The van der Waals surface area contributed by atoms with E-state index in [1.807, 2.05) is 20.8 Å². The van der Waals surface area contributed by atoms with Gasteiger partial charge in [0.05, 0.1) is 4.92 Å². The van der Waals surface area contributed by atoms with Crippen molar-refractivity contribution in [2.75, 3.05) is 24.5 Å². The lowest BCUT2D eigenvalue weighted by Gasteiger charge is -2.33. The maximum absolute atomic E-state index is 11.7. The number of rotatable bonds is 4. The molecule has 8 heteroatoms. The van der Waals surface area contributed by atoms with Gasteiger partial charge in [-0.2, -0.15) is 0 Å².